The number of carbonyl (C=O) groups is 1. The Morgan fingerprint density at radius 3 is 3.00 bits per heavy atom. The van der Waals surface area contributed by atoms with Gasteiger partial charge in [0.05, 0.1) is 0 Å². The summed E-state index contributed by atoms with van der Waals surface area (Å²) in [5, 5.41) is 0. The zero-order valence-electron chi connectivity index (χ0n) is 10.0. The molecule has 1 unspecified atom stereocenters. The van der Waals surface area contributed by atoms with E-state index in [4.69, 9.17) is 5.73 Å². The van der Waals surface area contributed by atoms with Crippen molar-refractivity contribution in [3.63, 3.8) is 0 Å². The zero-order valence-corrected chi connectivity index (χ0v) is 10.8. The third-order valence-electron chi connectivity index (χ3n) is 3.93. The molecule has 3 atom stereocenters. The first-order chi connectivity index (χ1) is 7.74. The quantitative estimate of drug-likeness (QED) is 0.794. The van der Waals surface area contributed by atoms with Crippen molar-refractivity contribution >= 4 is 17.7 Å². The third-order valence-corrected chi connectivity index (χ3v) is 5.12. The van der Waals surface area contributed by atoms with Gasteiger partial charge in [-0.25, -0.2) is 0 Å². The van der Waals surface area contributed by atoms with Crippen LogP contribution >= 0.6 is 11.8 Å². The summed E-state index contributed by atoms with van der Waals surface area (Å²) in [6.07, 6.45) is 3.37. The van der Waals surface area contributed by atoms with Gasteiger partial charge < -0.3 is 10.6 Å². The molecule has 0 spiro atoms. The predicted octanol–water partition coefficient (Wildman–Crippen LogP) is 1.33. The lowest BCUT2D eigenvalue weighted by Crippen LogP contribution is -2.48. The molecular formula is C12H22N2OS. The maximum absolute atomic E-state index is 12.4. The monoisotopic (exact) mass is 242 g/mol. The summed E-state index contributed by atoms with van der Waals surface area (Å²) in [4.78, 5) is 14.5. The van der Waals surface area contributed by atoms with Crippen LogP contribution in [0.4, 0.5) is 0 Å². The van der Waals surface area contributed by atoms with Crippen LogP contribution < -0.4 is 5.73 Å². The van der Waals surface area contributed by atoms with Crippen molar-refractivity contribution in [3.05, 3.63) is 0 Å². The molecule has 92 valence electrons. The van der Waals surface area contributed by atoms with E-state index in [2.05, 4.69) is 11.8 Å². The molecule has 3 nitrogen and oxygen atoms in total. The average molecular weight is 242 g/mol. The standard InChI is InChI=1S/C12H22N2OS/c1-9-8-16-6-5-14(9)12(15)11-4-2-3-10(11)7-13/h9-11H,2-8,13H2,1H3/t9?,10-,11-/m1/s1. The van der Waals surface area contributed by atoms with Gasteiger partial charge in [0, 0.05) is 30.0 Å². The van der Waals surface area contributed by atoms with Crippen molar-refractivity contribution in [2.75, 3.05) is 24.6 Å². The van der Waals surface area contributed by atoms with Crippen molar-refractivity contribution in [2.45, 2.75) is 32.2 Å². The highest BCUT2D eigenvalue weighted by Crippen LogP contribution is 2.33. The summed E-state index contributed by atoms with van der Waals surface area (Å²) in [5.41, 5.74) is 5.75. The smallest absolute Gasteiger partial charge is 0.226 e. The number of nitrogens with zero attached hydrogens (tertiary/aromatic N) is 1. The molecule has 1 amide bonds. The molecular weight excluding hydrogens is 220 g/mol. The van der Waals surface area contributed by atoms with Gasteiger partial charge in [0.25, 0.3) is 0 Å². The highest BCUT2D eigenvalue weighted by Gasteiger charge is 2.36. The van der Waals surface area contributed by atoms with E-state index in [1.165, 1.54) is 6.42 Å². The first-order valence-corrected chi connectivity index (χ1v) is 7.47. The number of rotatable bonds is 2. The second-order valence-corrected chi connectivity index (χ2v) is 6.14. The van der Waals surface area contributed by atoms with Gasteiger partial charge in [0.1, 0.15) is 0 Å². The molecule has 2 N–H and O–H groups in total. The molecule has 16 heavy (non-hydrogen) atoms. The Bertz CT molecular complexity index is 255. The van der Waals surface area contributed by atoms with Gasteiger partial charge in [-0.2, -0.15) is 11.8 Å². The molecule has 1 saturated carbocycles. The van der Waals surface area contributed by atoms with E-state index >= 15 is 0 Å². The SMILES string of the molecule is CC1CSCCN1C(=O)[C@@H]1CCC[C@@H]1CN. The number of hydrogen-bond donors (Lipinski definition) is 1. The van der Waals surface area contributed by atoms with E-state index < -0.39 is 0 Å². The van der Waals surface area contributed by atoms with E-state index in [9.17, 15) is 4.79 Å². The summed E-state index contributed by atoms with van der Waals surface area (Å²) in [7, 11) is 0. The van der Waals surface area contributed by atoms with Crippen LogP contribution in [0.25, 0.3) is 0 Å². The summed E-state index contributed by atoms with van der Waals surface area (Å²) in [6.45, 7) is 3.77. The second-order valence-electron chi connectivity index (χ2n) is 4.99. The van der Waals surface area contributed by atoms with Gasteiger partial charge in [0.15, 0.2) is 0 Å². The van der Waals surface area contributed by atoms with Crippen LogP contribution in [0.15, 0.2) is 0 Å². The predicted molar refractivity (Wildman–Crippen MR) is 68.4 cm³/mol. The third kappa shape index (κ3) is 2.38. The molecule has 0 aromatic rings. The molecule has 4 heteroatoms. The first-order valence-electron chi connectivity index (χ1n) is 6.32. The average Bonchev–Trinajstić information content (AvgIpc) is 2.77. The van der Waals surface area contributed by atoms with Crippen LogP contribution in [-0.4, -0.2) is 41.4 Å². The summed E-state index contributed by atoms with van der Waals surface area (Å²) in [6, 6.07) is 0.408. The number of thioether (sulfide) groups is 1. The number of amides is 1. The molecule has 1 heterocycles. The van der Waals surface area contributed by atoms with E-state index in [0.29, 0.717) is 24.4 Å². The van der Waals surface area contributed by atoms with Gasteiger partial charge in [-0.3, -0.25) is 4.79 Å². The molecule has 0 aromatic heterocycles. The lowest BCUT2D eigenvalue weighted by atomic mass is 9.94. The first kappa shape index (κ1) is 12.2. The van der Waals surface area contributed by atoms with Crippen LogP contribution in [0.2, 0.25) is 0 Å². The normalized spacial score (nSPS) is 35.4. The minimum Gasteiger partial charge on any atom is -0.338 e. The minimum atomic E-state index is 0.218. The van der Waals surface area contributed by atoms with E-state index in [1.54, 1.807) is 0 Å². The van der Waals surface area contributed by atoms with E-state index in [1.807, 2.05) is 11.8 Å². The van der Waals surface area contributed by atoms with Crippen molar-refractivity contribution in [3.8, 4) is 0 Å². The molecule has 2 rings (SSSR count). The maximum Gasteiger partial charge on any atom is 0.226 e. The van der Waals surface area contributed by atoms with Crippen LogP contribution in [0.5, 0.6) is 0 Å². The molecule has 1 aliphatic heterocycles. The number of carbonyl (C=O) groups excluding carboxylic acids is 1. The highest BCUT2D eigenvalue weighted by molar-refractivity contribution is 7.99. The molecule has 0 aromatic carbocycles. The minimum absolute atomic E-state index is 0.218. The van der Waals surface area contributed by atoms with Crippen molar-refractivity contribution < 1.29 is 4.79 Å². The fraction of sp³-hybridized carbons (Fsp3) is 0.917. The van der Waals surface area contributed by atoms with E-state index in [0.717, 1.165) is 30.9 Å². The van der Waals surface area contributed by atoms with Gasteiger partial charge >= 0.3 is 0 Å². The highest BCUT2D eigenvalue weighted by atomic mass is 32.2. The van der Waals surface area contributed by atoms with Gasteiger partial charge in [-0.15, -0.1) is 0 Å². The number of nitrogens with two attached hydrogens (primary N) is 1. The molecule has 1 saturated heterocycles. The van der Waals surface area contributed by atoms with Gasteiger partial charge in [-0.05, 0) is 32.2 Å². The number of hydrogen-bond acceptors (Lipinski definition) is 3. The van der Waals surface area contributed by atoms with Crippen LogP contribution in [-0.2, 0) is 4.79 Å². The lowest BCUT2D eigenvalue weighted by Gasteiger charge is -2.36. The van der Waals surface area contributed by atoms with Crippen molar-refractivity contribution in [1.29, 1.82) is 0 Å². The Kier molecular flexibility index (Phi) is 4.14. The van der Waals surface area contributed by atoms with Gasteiger partial charge in [-0.1, -0.05) is 6.42 Å². The fourth-order valence-corrected chi connectivity index (χ4v) is 3.93. The molecule has 0 bridgehead atoms. The largest absolute Gasteiger partial charge is 0.338 e. The van der Waals surface area contributed by atoms with Crippen LogP contribution in [0.3, 0.4) is 0 Å². The Hall–Kier alpha value is -0.220. The lowest BCUT2D eigenvalue weighted by molar-refractivity contribution is -0.138. The van der Waals surface area contributed by atoms with Crippen LogP contribution in [0.1, 0.15) is 26.2 Å². The van der Waals surface area contributed by atoms with E-state index in [-0.39, 0.29) is 5.92 Å². The summed E-state index contributed by atoms with van der Waals surface area (Å²) >= 11 is 1.95. The second kappa shape index (κ2) is 5.41. The maximum atomic E-state index is 12.4. The Morgan fingerprint density at radius 1 is 1.50 bits per heavy atom. The summed E-state index contributed by atoms with van der Waals surface area (Å²) in [5.74, 6) is 3.22. The molecule has 0 radical (unpaired) electrons. The Balaban J connectivity index is 2.00. The fourth-order valence-electron chi connectivity index (χ4n) is 2.91. The Morgan fingerprint density at radius 2 is 2.31 bits per heavy atom. The topological polar surface area (TPSA) is 46.3 Å². The van der Waals surface area contributed by atoms with Crippen LogP contribution in [0, 0.1) is 11.8 Å². The Labute approximate surface area is 102 Å². The van der Waals surface area contributed by atoms with Crippen molar-refractivity contribution in [2.24, 2.45) is 17.6 Å². The molecule has 1 aliphatic carbocycles. The molecule has 2 fully saturated rings. The zero-order chi connectivity index (χ0) is 11.5. The summed E-state index contributed by atoms with van der Waals surface area (Å²) < 4.78 is 0. The molecule has 2 aliphatic rings. The van der Waals surface area contributed by atoms with Crippen molar-refractivity contribution in [1.82, 2.24) is 4.90 Å². The van der Waals surface area contributed by atoms with Gasteiger partial charge in [0.2, 0.25) is 5.91 Å².